The predicted molar refractivity (Wildman–Crippen MR) is 124 cm³/mol. The van der Waals surface area contributed by atoms with E-state index in [-0.39, 0.29) is 22.8 Å². The van der Waals surface area contributed by atoms with Crippen LogP contribution in [0.25, 0.3) is 10.8 Å². The normalized spacial score (nSPS) is 14.1. The highest BCUT2D eigenvalue weighted by atomic mass is 16.6. The molecule has 0 aromatic heterocycles. The van der Waals surface area contributed by atoms with Crippen molar-refractivity contribution in [1.82, 2.24) is 5.32 Å². The smallest absolute Gasteiger partial charge is 0.270 e. The molecule has 0 radical (unpaired) electrons. The number of amides is 2. The molecule has 7 nitrogen and oxygen atoms in total. The summed E-state index contributed by atoms with van der Waals surface area (Å²) >= 11 is 0. The molecule has 0 atom stereocenters. The molecular weight excluding hydrogens is 406 g/mol. The van der Waals surface area contributed by atoms with Gasteiger partial charge in [0.2, 0.25) is 0 Å². The summed E-state index contributed by atoms with van der Waals surface area (Å²) in [5.74, 6) is -0.385. The van der Waals surface area contributed by atoms with Crippen molar-refractivity contribution in [2.24, 2.45) is 5.92 Å². The van der Waals surface area contributed by atoms with E-state index in [0.717, 1.165) is 36.5 Å². The molecule has 0 unspecified atom stereocenters. The Bertz CT molecular complexity index is 1160. The zero-order valence-corrected chi connectivity index (χ0v) is 17.7. The zero-order chi connectivity index (χ0) is 22.5. The fraction of sp³-hybridized carbons (Fsp3) is 0.280. The Morgan fingerprint density at radius 2 is 1.66 bits per heavy atom. The molecule has 1 saturated carbocycles. The fourth-order valence-corrected chi connectivity index (χ4v) is 4.28. The lowest BCUT2D eigenvalue weighted by atomic mass is 9.89. The lowest BCUT2D eigenvalue weighted by Crippen LogP contribution is -2.31. The minimum Gasteiger partial charge on any atom is -0.352 e. The van der Waals surface area contributed by atoms with Crippen LogP contribution in [-0.2, 0) is 0 Å². The number of nitrogens with zero attached hydrogens (tertiary/aromatic N) is 1. The molecule has 1 aliphatic rings. The van der Waals surface area contributed by atoms with Crippen LogP contribution in [0.1, 0.15) is 52.8 Å². The molecule has 1 aliphatic carbocycles. The van der Waals surface area contributed by atoms with Crippen LogP contribution in [0.5, 0.6) is 0 Å². The largest absolute Gasteiger partial charge is 0.352 e. The van der Waals surface area contributed by atoms with Gasteiger partial charge in [0.05, 0.1) is 16.2 Å². The number of hydrogen-bond donors (Lipinski definition) is 2. The van der Waals surface area contributed by atoms with E-state index in [1.54, 1.807) is 12.1 Å². The van der Waals surface area contributed by atoms with Crippen LogP contribution in [-0.4, -0.2) is 23.3 Å². The molecule has 0 heterocycles. The van der Waals surface area contributed by atoms with Crippen LogP contribution in [0, 0.1) is 16.0 Å². The zero-order valence-electron chi connectivity index (χ0n) is 17.7. The Morgan fingerprint density at radius 3 is 2.44 bits per heavy atom. The lowest BCUT2D eigenvalue weighted by molar-refractivity contribution is -0.384. The second kappa shape index (κ2) is 9.60. The quantitative estimate of drug-likeness (QED) is 0.408. The van der Waals surface area contributed by atoms with Crippen molar-refractivity contribution in [2.75, 3.05) is 11.9 Å². The molecule has 164 valence electrons. The summed E-state index contributed by atoms with van der Waals surface area (Å²) in [6.45, 7) is 0.526. The van der Waals surface area contributed by atoms with Gasteiger partial charge in [-0.3, -0.25) is 19.7 Å². The van der Waals surface area contributed by atoms with Crippen LogP contribution >= 0.6 is 0 Å². The third kappa shape index (κ3) is 4.77. The van der Waals surface area contributed by atoms with Gasteiger partial charge in [-0.25, -0.2) is 0 Å². The molecular formula is C25H25N3O4. The number of anilines is 1. The molecule has 0 spiro atoms. The third-order valence-electron chi connectivity index (χ3n) is 6.02. The Kier molecular flexibility index (Phi) is 6.44. The number of fused-ring (bicyclic) bond motifs is 1. The minimum atomic E-state index is -0.547. The first-order valence-corrected chi connectivity index (χ1v) is 10.9. The second-order valence-corrected chi connectivity index (χ2v) is 8.18. The minimum absolute atomic E-state index is 0.0867. The van der Waals surface area contributed by atoms with Gasteiger partial charge in [0.1, 0.15) is 0 Å². The number of carbonyl (C=O) groups excluding carboxylic acids is 2. The Hall–Kier alpha value is -3.74. The number of nitrogens with one attached hydrogen (secondary N) is 2. The maximum atomic E-state index is 13.1. The van der Waals surface area contributed by atoms with Crippen molar-refractivity contribution in [1.29, 1.82) is 0 Å². The van der Waals surface area contributed by atoms with E-state index in [1.807, 2.05) is 30.3 Å². The summed E-state index contributed by atoms with van der Waals surface area (Å²) in [5, 5.41) is 18.7. The fourth-order valence-electron chi connectivity index (χ4n) is 4.28. The molecule has 2 N–H and O–H groups in total. The highest BCUT2D eigenvalue weighted by molar-refractivity contribution is 6.15. The van der Waals surface area contributed by atoms with E-state index < -0.39 is 10.8 Å². The van der Waals surface area contributed by atoms with Gasteiger partial charge in [-0.1, -0.05) is 55.7 Å². The van der Waals surface area contributed by atoms with Gasteiger partial charge in [-0.15, -0.1) is 0 Å². The number of carbonyl (C=O) groups is 2. The first-order chi connectivity index (χ1) is 15.5. The lowest BCUT2D eigenvalue weighted by Gasteiger charge is -2.22. The molecule has 7 heteroatoms. The summed E-state index contributed by atoms with van der Waals surface area (Å²) in [5.41, 5.74) is 0.601. The van der Waals surface area contributed by atoms with Crippen LogP contribution in [0.2, 0.25) is 0 Å². The van der Waals surface area contributed by atoms with Crippen LogP contribution in [0.4, 0.5) is 11.4 Å². The maximum absolute atomic E-state index is 13.1. The van der Waals surface area contributed by atoms with Crippen LogP contribution in [0.15, 0.2) is 60.7 Å². The molecule has 1 fully saturated rings. The number of non-ortho nitro benzene ring substituents is 1. The number of rotatable bonds is 6. The molecule has 3 aromatic rings. The van der Waals surface area contributed by atoms with Crippen molar-refractivity contribution in [2.45, 2.75) is 32.1 Å². The Morgan fingerprint density at radius 1 is 0.906 bits per heavy atom. The predicted octanol–water partition coefficient (Wildman–Crippen LogP) is 5.31. The number of nitro groups is 1. The Balaban J connectivity index is 1.59. The van der Waals surface area contributed by atoms with Crippen molar-refractivity contribution in [3.8, 4) is 0 Å². The van der Waals surface area contributed by atoms with Gasteiger partial charge in [0, 0.05) is 24.2 Å². The van der Waals surface area contributed by atoms with Gasteiger partial charge in [-0.05, 0) is 41.7 Å². The van der Waals surface area contributed by atoms with Crippen molar-refractivity contribution in [3.63, 3.8) is 0 Å². The Labute approximate surface area is 186 Å². The van der Waals surface area contributed by atoms with Crippen molar-refractivity contribution < 1.29 is 14.5 Å². The second-order valence-electron chi connectivity index (χ2n) is 8.18. The topological polar surface area (TPSA) is 101 Å². The van der Waals surface area contributed by atoms with E-state index in [9.17, 15) is 19.7 Å². The van der Waals surface area contributed by atoms with E-state index in [4.69, 9.17) is 0 Å². The van der Waals surface area contributed by atoms with Gasteiger partial charge in [-0.2, -0.15) is 0 Å². The monoisotopic (exact) mass is 431 g/mol. The summed E-state index contributed by atoms with van der Waals surface area (Å²) in [4.78, 5) is 36.7. The highest BCUT2D eigenvalue weighted by Gasteiger charge is 2.21. The van der Waals surface area contributed by atoms with Crippen molar-refractivity contribution in [3.05, 3.63) is 81.9 Å². The number of hydrogen-bond acceptors (Lipinski definition) is 4. The first kappa shape index (κ1) is 21.5. The van der Waals surface area contributed by atoms with E-state index in [0.29, 0.717) is 18.0 Å². The van der Waals surface area contributed by atoms with Gasteiger partial charge in [0.25, 0.3) is 17.5 Å². The maximum Gasteiger partial charge on any atom is 0.270 e. The SMILES string of the molecule is O=C(NCC1CCCCC1)c1cc([N+](=O)[O-])ccc1NC(=O)c1cccc2ccccc12. The number of nitro benzene ring substituents is 1. The van der Waals surface area contributed by atoms with Crippen molar-refractivity contribution >= 4 is 34.0 Å². The van der Waals surface area contributed by atoms with E-state index >= 15 is 0 Å². The summed E-state index contributed by atoms with van der Waals surface area (Å²) in [6, 6.07) is 16.9. The van der Waals surface area contributed by atoms with Crippen LogP contribution < -0.4 is 10.6 Å². The molecule has 0 bridgehead atoms. The molecule has 0 aliphatic heterocycles. The molecule has 3 aromatic carbocycles. The molecule has 4 rings (SSSR count). The van der Waals surface area contributed by atoms with E-state index in [2.05, 4.69) is 10.6 Å². The summed E-state index contributed by atoms with van der Waals surface area (Å²) < 4.78 is 0. The van der Waals surface area contributed by atoms with E-state index in [1.165, 1.54) is 24.6 Å². The first-order valence-electron chi connectivity index (χ1n) is 10.9. The van der Waals surface area contributed by atoms with Gasteiger partial charge < -0.3 is 10.6 Å². The average Bonchev–Trinajstić information content (AvgIpc) is 2.82. The highest BCUT2D eigenvalue weighted by Crippen LogP contribution is 2.26. The standard InChI is InChI=1S/C25H25N3O4/c29-24(26-16-17-7-2-1-3-8-17)22-15-19(28(31)32)13-14-23(22)27-25(30)21-12-6-10-18-9-4-5-11-20(18)21/h4-6,9-15,17H,1-3,7-8,16H2,(H,26,29)(H,27,30). The molecule has 2 amide bonds. The molecule has 32 heavy (non-hydrogen) atoms. The van der Waals surface area contributed by atoms with Gasteiger partial charge in [0.15, 0.2) is 0 Å². The average molecular weight is 431 g/mol. The molecule has 0 saturated heterocycles. The van der Waals surface area contributed by atoms with Gasteiger partial charge >= 0.3 is 0 Å². The summed E-state index contributed by atoms with van der Waals surface area (Å²) in [6.07, 6.45) is 5.67. The third-order valence-corrected chi connectivity index (χ3v) is 6.02. The van der Waals surface area contributed by atoms with Crippen LogP contribution in [0.3, 0.4) is 0 Å². The number of benzene rings is 3. The summed E-state index contributed by atoms with van der Waals surface area (Å²) in [7, 11) is 0.